The van der Waals surface area contributed by atoms with Crippen LogP contribution in [0, 0.1) is 0 Å². The van der Waals surface area contributed by atoms with Crippen LogP contribution in [0.25, 0.3) is 0 Å². The smallest absolute Gasteiger partial charge is 0.224 e. The highest BCUT2D eigenvalue weighted by atomic mass is 32.2. The minimum Gasteiger partial charge on any atom is -0.367 e. The minimum atomic E-state index is -0.611. The zero-order valence-corrected chi connectivity index (χ0v) is 10.8. The summed E-state index contributed by atoms with van der Waals surface area (Å²) >= 11 is 0. The molecule has 0 amide bonds. The van der Waals surface area contributed by atoms with Crippen molar-refractivity contribution in [2.24, 2.45) is 0 Å². The van der Waals surface area contributed by atoms with Crippen molar-refractivity contribution in [3.05, 3.63) is 12.3 Å². The van der Waals surface area contributed by atoms with Crippen LogP contribution in [-0.4, -0.2) is 38.3 Å². The molecule has 0 atom stereocenters. The van der Waals surface area contributed by atoms with Crippen LogP contribution >= 0.6 is 0 Å². The molecular formula is C11H18N4OS. The van der Waals surface area contributed by atoms with Crippen molar-refractivity contribution in [2.45, 2.75) is 25.8 Å². The second kappa shape index (κ2) is 5.95. The summed E-state index contributed by atoms with van der Waals surface area (Å²) < 4.78 is 11.2. The molecule has 2 heterocycles. The summed E-state index contributed by atoms with van der Waals surface area (Å²) in [7, 11) is -0.611. The maximum Gasteiger partial charge on any atom is 0.224 e. The first-order valence-corrected chi connectivity index (χ1v) is 7.45. The number of hydrogen-bond acceptors (Lipinski definition) is 5. The second-order valence-corrected chi connectivity index (χ2v) is 5.76. The van der Waals surface area contributed by atoms with Crippen LogP contribution in [-0.2, 0) is 10.8 Å². The largest absolute Gasteiger partial charge is 0.367 e. The maximum absolute atomic E-state index is 11.2. The summed E-state index contributed by atoms with van der Waals surface area (Å²) in [5.41, 5.74) is 0. The van der Waals surface area contributed by atoms with Gasteiger partial charge in [-0.25, -0.2) is 4.98 Å². The molecule has 2 rings (SSSR count). The van der Waals surface area contributed by atoms with Crippen molar-refractivity contribution in [3.63, 3.8) is 0 Å². The van der Waals surface area contributed by atoms with Crippen LogP contribution in [0.15, 0.2) is 12.3 Å². The summed E-state index contributed by atoms with van der Waals surface area (Å²) in [4.78, 5) is 8.49. The maximum atomic E-state index is 11.2. The Labute approximate surface area is 104 Å². The fraction of sp³-hybridized carbons (Fsp3) is 0.636. The summed E-state index contributed by atoms with van der Waals surface area (Å²) in [6, 6.07) is 2.25. The van der Waals surface area contributed by atoms with Crippen LogP contribution in [0.4, 0.5) is 11.8 Å². The molecule has 0 bridgehead atoms. The van der Waals surface area contributed by atoms with Gasteiger partial charge in [0.1, 0.15) is 5.82 Å². The number of nitrogens with zero attached hydrogens (tertiary/aromatic N) is 2. The molecular weight excluding hydrogens is 236 g/mol. The van der Waals surface area contributed by atoms with E-state index in [1.165, 1.54) is 0 Å². The molecule has 0 radical (unpaired) electrons. The van der Waals surface area contributed by atoms with E-state index in [4.69, 9.17) is 0 Å². The first kappa shape index (κ1) is 12.3. The Hall–Kier alpha value is -1.17. The van der Waals surface area contributed by atoms with E-state index in [1.807, 2.05) is 13.0 Å². The van der Waals surface area contributed by atoms with E-state index in [2.05, 4.69) is 20.6 Å². The van der Waals surface area contributed by atoms with Gasteiger partial charge in [-0.05, 0) is 25.8 Å². The highest BCUT2D eigenvalue weighted by molar-refractivity contribution is 7.85. The van der Waals surface area contributed by atoms with Gasteiger partial charge in [0, 0.05) is 41.1 Å². The van der Waals surface area contributed by atoms with Gasteiger partial charge >= 0.3 is 0 Å². The Balaban J connectivity index is 1.93. The van der Waals surface area contributed by atoms with Gasteiger partial charge < -0.3 is 10.6 Å². The quantitative estimate of drug-likeness (QED) is 0.846. The Morgan fingerprint density at radius 1 is 1.47 bits per heavy atom. The molecule has 94 valence electrons. The Kier molecular flexibility index (Phi) is 4.30. The summed E-state index contributed by atoms with van der Waals surface area (Å²) in [5, 5.41) is 6.46. The Morgan fingerprint density at radius 2 is 2.24 bits per heavy atom. The average molecular weight is 254 g/mol. The van der Waals surface area contributed by atoms with Crippen LogP contribution in [0.2, 0.25) is 0 Å². The summed E-state index contributed by atoms with van der Waals surface area (Å²) in [6.45, 7) is 2.83. The standard InChI is InChI=1S/C11H18N4OS/c1-2-12-11-13-6-3-10(15-11)14-9-4-7-17(16)8-5-9/h3,6,9H,2,4-5,7-8H2,1H3,(H2,12,13,14,15). The van der Waals surface area contributed by atoms with Gasteiger partial charge in [0.2, 0.25) is 5.95 Å². The van der Waals surface area contributed by atoms with E-state index in [-0.39, 0.29) is 0 Å². The van der Waals surface area contributed by atoms with E-state index in [0.717, 1.165) is 36.7 Å². The molecule has 0 aromatic carbocycles. The minimum absolute atomic E-state index is 0.386. The first-order valence-electron chi connectivity index (χ1n) is 5.96. The van der Waals surface area contributed by atoms with Gasteiger partial charge in [-0.15, -0.1) is 0 Å². The van der Waals surface area contributed by atoms with Crippen LogP contribution in [0.1, 0.15) is 19.8 Å². The molecule has 1 saturated heterocycles. The number of anilines is 2. The molecule has 1 fully saturated rings. The predicted octanol–water partition coefficient (Wildman–Crippen LogP) is 1.23. The number of nitrogens with one attached hydrogen (secondary N) is 2. The molecule has 0 aliphatic carbocycles. The van der Waals surface area contributed by atoms with Gasteiger partial charge in [0.25, 0.3) is 0 Å². The van der Waals surface area contributed by atoms with Gasteiger partial charge in [-0.3, -0.25) is 4.21 Å². The van der Waals surface area contributed by atoms with E-state index >= 15 is 0 Å². The lowest BCUT2D eigenvalue weighted by Gasteiger charge is -2.23. The zero-order valence-electron chi connectivity index (χ0n) is 9.98. The van der Waals surface area contributed by atoms with Crippen molar-refractivity contribution in [2.75, 3.05) is 28.7 Å². The van der Waals surface area contributed by atoms with Crippen LogP contribution in [0.3, 0.4) is 0 Å². The molecule has 1 aromatic rings. The highest BCUT2D eigenvalue weighted by Crippen LogP contribution is 2.15. The van der Waals surface area contributed by atoms with Gasteiger partial charge in [-0.1, -0.05) is 0 Å². The molecule has 17 heavy (non-hydrogen) atoms. The molecule has 0 saturated carbocycles. The molecule has 0 spiro atoms. The summed E-state index contributed by atoms with van der Waals surface area (Å²) in [6.07, 6.45) is 3.65. The molecule has 6 heteroatoms. The zero-order chi connectivity index (χ0) is 12.1. The van der Waals surface area contributed by atoms with Crippen LogP contribution < -0.4 is 10.6 Å². The van der Waals surface area contributed by atoms with E-state index < -0.39 is 10.8 Å². The van der Waals surface area contributed by atoms with Crippen molar-refractivity contribution >= 4 is 22.6 Å². The van der Waals surface area contributed by atoms with Crippen molar-refractivity contribution in [1.29, 1.82) is 0 Å². The second-order valence-electron chi connectivity index (χ2n) is 4.06. The number of aromatic nitrogens is 2. The predicted molar refractivity (Wildman–Crippen MR) is 70.7 cm³/mol. The van der Waals surface area contributed by atoms with Gasteiger partial charge in [0.15, 0.2) is 0 Å². The topological polar surface area (TPSA) is 66.9 Å². The third kappa shape index (κ3) is 3.66. The number of hydrogen-bond donors (Lipinski definition) is 2. The lowest BCUT2D eigenvalue weighted by atomic mass is 10.1. The molecule has 2 N–H and O–H groups in total. The Morgan fingerprint density at radius 3 is 2.94 bits per heavy atom. The van der Waals surface area contributed by atoms with Crippen LogP contribution in [0.5, 0.6) is 0 Å². The molecule has 0 unspecified atom stereocenters. The summed E-state index contributed by atoms with van der Waals surface area (Å²) in [5.74, 6) is 3.08. The SMILES string of the molecule is CCNc1nccc(NC2CCS(=O)CC2)n1. The lowest BCUT2D eigenvalue weighted by molar-refractivity contribution is 0.622. The van der Waals surface area contributed by atoms with Gasteiger partial charge in [0.05, 0.1) is 0 Å². The monoisotopic (exact) mass is 254 g/mol. The van der Waals surface area contributed by atoms with E-state index in [9.17, 15) is 4.21 Å². The normalized spacial score (nSPS) is 24.3. The fourth-order valence-corrected chi connectivity index (χ4v) is 3.13. The Bertz CT molecular complexity index is 389. The molecule has 1 aromatic heterocycles. The lowest BCUT2D eigenvalue weighted by Crippen LogP contribution is -2.29. The van der Waals surface area contributed by atoms with Crippen molar-refractivity contribution in [1.82, 2.24) is 9.97 Å². The van der Waals surface area contributed by atoms with E-state index in [1.54, 1.807) is 6.20 Å². The van der Waals surface area contributed by atoms with Crippen molar-refractivity contribution in [3.8, 4) is 0 Å². The average Bonchev–Trinajstić information content (AvgIpc) is 2.33. The van der Waals surface area contributed by atoms with Crippen molar-refractivity contribution < 1.29 is 4.21 Å². The molecule has 1 aliphatic rings. The molecule has 5 nitrogen and oxygen atoms in total. The molecule has 1 aliphatic heterocycles. The van der Waals surface area contributed by atoms with E-state index in [0.29, 0.717) is 12.0 Å². The fourth-order valence-electron chi connectivity index (χ4n) is 1.83. The first-order chi connectivity index (χ1) is 8.28. The third-order valence-corrected chi connectivity index (χ3v) is 4.11. The van der Waals surface area contributed by atoms with Gasteiger partial charge in [-0.2, -0.15) is 4.98 Å². The highest BCUT2D eigenvalue weighted by Gasteiger charge is 2.17. The number of rotatable bonds is 4. The third-order valence-electron chi connectivity index (χ3n) is 2.73.